The topological polar surface area (TPSA) is 97.7 Å². The zero-order valence-electron chi connectivity index (χ0n) is 17.7. The van der Waals surface area contributed by atoms with E-state index in [1.54, 1.807) is 18.2 Å². The summed E-state index contributed by atoms with van der Waals surface area (Å²) in [4.78, 5) is 24.2. The number of methoxy groups -OCH3 is 1. The number of hydrogen-bond donors (Lipinski definition) is 1. The number of nitrogens with zero attached hydrogens (tertiary/aromatic N) is 1. The molecule has 2 rings (SSSR count). The monoisotopic (exact) mass is 420 g/mol. The van der Waals surface area contributed by atoms with E-state index in [1.807, 2.05) is 32.0 Å². The number of hydrogen-bond acceptors (Lipinski definition) is 6. The van der Waals surface area contributed by atoms with E-state index in [4.69, 9.17) is 14.2 Å². The van der Waals surface area contributed by atoms with Crippen LogP contribution in [0.25, 0.3) is 6.08 Å². The fraction of sp³-hybridized carbons (Fsp3) is 0.208. The summed E-state index contributed by atoms with van der Waals surface area (Å²) >= 11 is 0. The molecule has 160 valence electrons. The van der Waals surface area contributed by atoms with E-state index in [0.29, 0.717) is 11.3 Å². The number of carbonyl (C=O) groups is 2. The molecule has 2 aromatic rings. The molecule has 0 aromatic heterocycles. The summed E-state index contributed by atoms with van der Waals surface area (Å²) in [5.41, 5.74) is 2.48. The lowest BCUT2D eigenvalue weighted by Gasteiger charge is -2.12. The highest BCUT2D eigenvalue weighted by Crippen LogP contribution is 2.29. The first-order valence-electron chi connectivity index (χ1n) is 9.48. The van der Waals surface area contributed by atoms with Gasteiger partial charge in [0.05, 0.1) is 7.11 Å². The highest BCUT2D eigenvalue weighted by atomic mass is 16.6. The second-order valence-electron chi connectivity index (χ2n) is 6.54. The number of nitriles is 1. The lowest BCUT2D eigenvalue weighted by Crippen LogP contribution is -2.24. The lowest BCUT2D eigenvalue weighted by atomic mass is 10.1. The third-order valence-corrected chi connectivity index (χ3v) is 4.39. The van der Waals surface area contributed by atoms with Crippen LogP contribution in [0.3, 0.4) is 0 Å². The lowest BCUT2D eigenvalue weighted by molar-refractivity contribution is -0.136. The second kappa shape index (κ2) is 11.2. The molecule has 0 aliphatic heterocycles. The third kappa shape index (κ3) is 6.47. The van der Waals surface area contributed by atoms with Crippen molar-refractivity contribution in [3.63, 3.8) is 0 Å². The van der Waals surface area contributed by atoms with Crippen molar-refractivity contribution in [1.29, 1.82) is 5.26 Å². The van der Waals surface area contributed by atoms with E-state index >= 15 is 0 Å². The molecule has 0 unspecified atom stereocenters. The zero-order chi connectivity index (χ0) is 22.8. The van der Waals surface area contributed by atoms with Crippen molar-refractivity contribution in [3.8, 4) is 23.3 Å². The summed E-state index contributed by atoms with van der Waals surface area (Å²) in [7, 11) is 1.43. The van der Waals surface area contributed by atoms with Crippen LogP contribution in [0.2, 0.25) is 0 Å². The summed E-state index contributed by atoms with van der Waals surface area (Å²) in [5.74, 6) is -0.0194. The fourth-order valence-corrected chi connectivity index (χ4v) is 2.60. The molecular weight excluding hydrogens is 396 g/mol. The predicted octanol–water partition coefficient (Wildman–Crippen LogP) is 3.51. The van der Waals surface area contributed by atoms with Gasteiger partial charge in [0, 0.05) is 6.54 Å². The fourth-order valence-electron chi connectivity index (χ4n) is 2.60. The average Bonchev–Trinajstić information content (AvgIpc) is 2.77. The van der Waals surface area contributed by atoms with Crippen LogP contribution in [0.15, 0.2) is 54.6 Å². The Labute approximate surface area is 181 Å². The van der Waals surface area contributed by atoms with E-state index in [2.05, 4.69) is 11.9 Å². The van der Waals surface area contributed by atoms with Gasteiger partial charge in [-0.25, -0.2) is 4.79 Å². The van der Waals surface area contributed by atoms with Crippen LogP contribution < -0.4 is 19.5 Å². The number of esters is 1. The Bertz CT molecular complexity index is 1050. The van der Waals surface area contributed by atoms with Crippen LogP contribution in [-0.2, 0) is 9.59 Å². The number of aryl methyl sites for hydroxylation is 1. The third-order valence-electron chi connectivity index (χ3n) is 4.39. The Morgan fingerprint density at radius 2 is 1.94 bits per heavy atom. The molecule has 0 saturated carbocycles. The van der Waals surface area contributed by atoms with Gasteiger partial charge in [-0.1, -0.05) is 24.3 Å². The van der Waals surface area contributed by atoms with Gasteiger partial charge < -0.3 is 19.5 Å². The quantitative estimate of drug-likeness (QED) is 0.219. The van der Waals surface area contributed by atoms with E-state index in [-0.39, 0.29) is 30.2 Å². The van der Waals surface area contributed by atoms with Gasteiger partial charge in [0.25, 0.3) is 5.91 Å². The molecule has 1 N–H and O–H groups in total. The van der Waals surface area contributed by atoms with Crippen LogP contribution in [-0.4, -0.2) is 32.1 Å². The highest BCUT2D eigenvalue weighted by molar-refractivity contribution is 6.01. The largest absolute Gasteiger partial charge is 0.493 e. The van der Waals surface area contributed by atoms with Gasteiger partial charge in [0.1, 0.15) is 17.4 Å². The number of rotatable bonds is 9. The molecule has 0 aliphatic carbocycles. The first-order chi connectivity index (χ1) is 14.9. The van der Waals surface area contributed by atoms with Crippen molar-refractivity contribution in [2.24, 2.45) is 0 Å². The smallest absolute Gasteiger partial charge is 0.349 e. The van der Waals surface area contributed by atoms with Crippen LogP contribution in [0, 0.1) is 25.2 Å². The number of carbonyl (C=O) groups excluding carboxylic acids is 2. The molecule has 0 heterocycles. The van der Waals surface area contributed by atoms with Crippen molar-refractivity contribution in [2.75, 3.05) is 20.3 Å². The Kier molecular flexibility index (Phi) is 8.41. The van der Waals surface area contributed by atoms with E-state index in [0.717, 1.165) is 11.1 Å². The number of amides is 1. The van der Waals surface area contributed by atoms with Crippen LogP contribution in [0.5, 0.6) is 17.2 Å². The maximum atomic E-state index is 12.2. The van der Waals surface area contributed by atoms with Gasteiger partial charge in [-0.3, -0.25) is 4.79 Å². The normalized spacial score (nSPS) is 10.6. The molecule has 0 bridgehead atoms. The molecule has 7 nitrogen and oxygen atoms in total. The molecule has 0 saturated heterocycles. The molecule has 0 radical (unpaired) electrons. The first-order valence-corrected chi connectivity index (χ1v) is 9.48. The van der Waals surface area contributed by atoms with Crippen LogP contribution in [0.1, 0.15) is 16.7 Å². The first kappa shape index (κ1) is 23.2. The molecular formula is C24H24N2O5. The molecule has 0 spiro atoms. The molecule has 0 aliphatic rings. The van der Waals surface area contributed by atoms with Gasteiger partial charge in [-0.2, -0.15) is 5.26 Å². The summed E-state index contributed by atoms with van der Waals surface area (Å²) in [6.07, 6.45) is 2.93. The van der Waals surface area contributed by atoms with Crippen molar-refractivity contribution < 1.29 is 23.8 Å². The maximum absolute atomic E-state index is 12.2. The SMILES string of the molecule is C=CCNC(=O)/C(C#N)=C\c1ccc(OC(=O)COc2cccc(C)c2C)c(OC)c1. The molecule has 0 atom stereocenters. The van der Waals surface area contributed by atoms with Crippen molar-refractivity contribution in [3.05, 3.63) is 71.3 Å². The molecule has 1 amide bonds. The minimum absolute atomic E-state index is 0.0735. The Balaban J connectivity index is 2.10. The van der Waals surface area contributed by atoms with Gasteiger partial charge >= 0.3 is 5.97 Å². The summed E-state index contributed by atoms with van der Waals surface area (Å²) in [5, 5.41) is 11.8. The zero-order valence-corrected chi connectivity index (χ0v) is 17.7. The summed E-state index contributed by atoms with van der Waals surface area (Å²) < 4.78 is 16.2. The average molecular weight is 420 g/mol. The second-order valence-corrected chi connectivity index (χ2v) is 6.54. The van der Waals surface area contributed by atoms with Gasteiger partial charge in [-0.15, -0.1) is 6.58 Å². The van der Waals surface area contributed by atoms with E-state index < -0.39 is 11.9 Å². The summed E-state index contributed by atoms with van der Waals surface area (Å²) in [6, 6.07) is 12.1. The standard InChI is InChI=1S/C24H24N2O5/c1-5-11-26-24(28)19(14-25)12-18-9-10-21(22(13-18)29-4)31-23(27)15-30-20-8-6-7-16(2)17(20)3/h5-10,12-13H,1,11,15H2,2-4H3,(H,26,28)/b19-12-. The van der Waals surface area contributed by atoms with E-state index in [9.17, 15) is 14.9 Å². The Morgan fingerprint density at radius 3 is 2.61 bits per heavy atom. The molecule has 2 aromatic carbocycles. The van der Waals surface area contributed by atoms with Crippen molar-refractivity contribution in [2.45, 2.75) is 13.8 Å². The number of nitrogens with one attached hydrogen (secondary N) is 1. The summed E-state index contributed by atoms with van der Waals surface area (Å²) in [6.45, 7) is 7.37. The predicted molar refractivity (Wildman–Crippen MR) is 117 cm³/mol. The van der Waals surface area contributed by atoms with Crippen LogP contribution in [0.4, 0.5) is 0 Å². The Morgan fingerprint density at radius 1 is 1.16 bits per heavy atom. The minimum Gasteiger partial charge on any atom is -0.493 e. The molecule has 0 fully saturated rings. The van der Waals surface area contributed by atoms with Gasteiger partial charge in [0.2, 0.25) is 0 Å². The maximum Gasteiger partial charge on any atom is 0.349 e. The number of ether oxygens (including phenoxy) is 3. The van der Waals surface area contributed by atoms with Crippen molar-refractivity contribution in [1.82, 2.24) is 5.32 Å². The number of benzene rings is 2. The Hall–Kier alpha value is -4.05. The van der Waals surface area contributed by atoms with Gasteiger partial charge in [0.15, 0.2) is 18.1 Å². The molecule has 31 heavy (non-hydrogen) atoms. The minimum atomic E-state index is -0.594. The van der Waals surface area contributed by atoms with Crippen molar-refractivity contribution >= 4 is 18.0 Å². The molecule has 7 heteroatoms. The van der Waals surface area contributed by atoms with Gasteiger partial charge in [-0.05, 0) is 54.8 Å². The van der Waals surface area contributed by atoms with E-state index in [1.165, 1.54) is 25.3 Å². The highest BCUT2D eigenvalue weighted by Gasteiger charge is 2.14. The van der Waals surface area contributed by atoms with Crippen LogP contribution >= 0.6 is 0 Å².